The highest BCUT2D eigenvalue weighted by molar-refractivity contribution is 5.88. The van der Waals surface area contributed by atoms with Crippen LogP contribution in [0.4, 0.5) is 0 Å². The van der Waals surface area contributed by atoms with E-state index >= 15 is 0 Å². The summed E-state index contributed by atoms with van der Waals surface area (Å²) in [7, 11) is 0. The van der Waals surface area contributed by atoms with Gasteiger partial charge in [-0.2, -0.15) is 0 Å². The summed E-state index contributed by atoms with van der Waals surface area (Å²) in [4.78, 5) is 0. The Balaban J connectivity index is 2.92. The van der Waals surface area contributed by atoms with Gasteiger partial charge in [0.15, 0.2) is 0 Å². The summed E-state index contributed by atoms with van der Waals surface area (Å²) in [6.07, 6.45) is 3.67. The molecular weight excluding hydrogens is 292 g/mol. The van der Waals surface area contributed by atoms with Crippen LogP contribution in [0.15, 0.2) is 42.2 Å². The van der Waals surface area contributed by atoms with E-state index in [-0.39, 0.29) is 0 Å². The van der Waals surface area contributed by atoms with Crippen molar-refractivity contribution in [3.63, 3.8) is 0 Å². The lowest BCUT2D eigenvalue weighted by Crippen LogP contribution is -2.03. The zero-order chi connectivity index (χ0) is 18.0. The summed E-state index contributed by atoms with van der Waals surface area (Å²) in [5.41, 5.74) is 10.5. The average molecular weight is 320 g/mol. The second kappa shape index (κ2) is 7.09. The minimum atomic E-state index is 0.322. The quantitative estimate of drug-likeness (QED) is 0.510. The van der Waals surface area contributed by atoms with Gasteiger partial charge in [0.1, 0.15) is 5.76 Å². The van der Waals surface area contributed by atoms with Crippen molar-refractivity contribution in [2.24, 2.45) is 0 Å². The fourth-order valence-electron chi connectivity index (χ4n) is 3.77. The Hall–Kier alpha value is -2.28. The van der Waals surface area contributed by atoms with Gasteiger partial charge < -0.3 is 5.11 Å². The van der Waals surface area contributed by atoms with Crippen LogP contribution in [0.25, 0.3) is 5.57 Å². The molecule has 2 aromatic carbocycles. The maximum absolute atomic E-state index is 10.8. The lowest BCUT2D eigenvalue weighted by atomic mass is 9.84. The Morgan fingerprint density at radius 2 is 1.04 bits per heavy atom. The highest BCUT2D eigenvalue weighted by atomic mass is 16.3. The Kier molecular flexibility index (Phi) is 5.33. The third-order valence-corrected chi connectivity index (χ3v) is 4.43. The van der Waals surface area contributed by atoms with E-state index in [9.17, 15) is 5.11 Å². The molecule has 2 aromatic rings. The number of aryl methyl sites for hydroxylation is 6. The predicted octanol–water partition coefficient (Wildman–Crippen LogP) is 6.43. The molecule has 0 heterocycles. The molecule has 1 nitrogen and oxygen atoms in total. The number of rotatable bonds is 3. The standard InChI is InChI=1S/C23H28O/c1-8-9-20(24)23(21-16(4)10-14(2)11-17(21)5)22-18(6)12-15(3)13-19(22)7/h8-13,24H,1-7H3/b9-8+. The van der Waals surface area contributed by atoms with E-state index in [1.54, 1.807) is 6.08 Å². The van der Waals surface area contributed by atoms with E-state index in [0.29, 0.717) is 5.76 Å². The van der Waals surface area contributed by atoms with Gasteiger partial charge in [0, 0.05) is 5.57 Å². The maximum atomic E-state index is 10.8. The van der Waals surface area contributed by atoms with Gasteiger partial charge in [-0.15, -0.1) is 0 Å². The van der Waals surface area contributed by atoms with Crippen LogP contribution >= 0.6 is 0 Å². The van der Waals surface area contributed by atoms with Gasteiger partial charge in [-0.1, -0.05) is 41.5 Å². The molecule has 0 atom stereocenters. The van der Waals surface area contributed by atoms with Crippen molar-refractivity contribution in [2.45, 2.75) is 48.5 Å². The fourth-order valence-corrected chi connectivity index (χ4v) is 3.77. The van der Waals surface area contributed by atoms with Crippen LogP contribution in [0.2, 0.25) is 0 Å². The molecular formula is C23H28O. The van der Waals surface area contributed by atoms with Crippen molar-refractivity contribution >= 4 is 5.57 Å². The molecule has 0 aromatic heterocycles. The van der Waals surface area contributed by atoms with Crippen LogP contribution in [0.3, 0.4) is 0 Å². The monoisotopic (exact) mass is 320 g/mol. The van der Waals surface area contributed by atoms with Crippen molar-refractivity contribution in [3.8, 4) is 0 Å². The Morgan fingerprint density at radius 3 is 1.33 bits per heavy atom. The van der Waals surface area contributed by atoms with Crippen molar-refractivity contribution in [1.29, 1.82) is 0 Å². The lowest BCUT2D eigenvalue weighted by molar-refractivity contribution is 0.435. The second-order valence-electron chi connectivity index (χ2n) is 6.81. The molecule has 0 saturated carbocycles. The summed E-state index contributed by atoms with van der Waals surface area (Å²) >= 11 is 0. The van der Waals surface area contributed by atoms with Gasteiger partial charge in [-0.05, 0) is 87.9 Å². The summed E-state index contributed by atoms with van der Waals surface area (Å²) < 4.78 is 0. The number of aliphatic hydroxyl groups is 1. The fraction of sp³-hybridized carbons (Fsp3) is 0.304. The zero-order valence-corrected chi connectivity index (χ0v) is 15.9. The largest absolute Gasteiger partial charge is 0.507 e. The highest BCUT2D eigenvalue weighted by Gasteiger charge is 2.19. The van der Waals surface area contributed by atoms with E-state index in [1.165, 1.54) is 33.4 Å². The van der Waals surface area contributed by atoms with Crippen molar-refractivity contribution in [3.05, 3.63) is 86.7 Å². The number of benzene rings is 2. The molecule has 0 bridgehead atoms. The van der Waals surface area contributed by atoms with Crippen LogP contribution in [0.5, 0.6) is 0 Å². The molecule has 2 rings (SSSR count). The molecule has 0 unspecified atom stereocenters. The molecule has 0 aliphatic heterocycles. The van der Waals surface area contributed by atoms with Crippen LogP contribution in [0.1, 0.15) is 51.4 Å². The number of aliphatic hydroxyl groups excluding tert-OH is 1. The first kappa shape index (κ1) is 18.1. The average Bonchev–Trinajstić information content (AvgIpc) is 2.43. The minimum Gasteiger partial charge on any atom is -0.507 e. The third kappa shape index (κ3) is 3.46. The molecule has 126 valence electrons. The molecule has 0 radical (unpaired) electrons. The molecule has 1 N–H and O–H groups in total. The maximum Gasteiger partial charge on any atom is 0.123 e. The number of hydrogen-bond donors (Lipinski definition) is 1. The molecule has 24 heavy (non-hydrogen) atoms. The number of allylic oxidation sites excluding steroid dienone is 2. The SMILES string of the molecule is C/C=C/C(O)=C(c1c(C)cc(C)cc1C)c1c(C)cc(C)cc1C. The van der Waals surface area contributed by atoms with E-state index in [4.69, 9.17) is 0 Å². The minimum absolute atomic E-state index is 0.322. The Morgan fingerprint density at radius 1 is 0.708 bits per heavy atom. The first-order chi connectivity index (χ1) is 11.3. The molecule has 0 aliphatic carbocycles. The van der Waals surface area contributed by atoms with E-state index < -0.39 is 0 Å². The lowest BCUT2D eigenvalue weighted by Gasteiger charge is -2.20. The smallest absolute Gasteiger partial charge is 0.123 e. The molecule has 0 amide bonds. The Bertz CT molecular complexity index is 730. The summed E-state index contributed by atoms with van der Waals surface area (Å²) in [5, 5.41) is 10.8. The van der Waals surface area contributed by atoms with E-state index in [0.717, 1.165) is 16.7 Å². The van der Waals surface area contributed by atoms with E-state index in [1.807, 2.05) is 13.0 Å². The summed E-state index contributed by atoms with van der Waals surface area (Å²) in [6.45, 7) is 14.6. The third-order valence-electron chi connectivity index (χ3n) is 4.43. The molecule has 1 heteroatoms. The molecule has 0 fully saturated rings. The molecule has 0 aliphatic rings. The number of hydrogen-bond acceptors (Lipinski definition) is 1. The second-order valence-corrected chi connectivity index (χ2v) is 6.81. The van der Waals surface area contributed by atoms with Crippen LogP contribution < -0.4 is 0 Å². The van der Waals surface area contributed by atoms with Gasteiger partial charge in [-0.3, -0.25) is 0 Å². The van der Waals surface area contributed by atoms with Crippen LogP contribution in [-0.2, 0) is 0 Å². The van der Waals surface area contributed by atoms with Crippen molar-refractivity contribution in [2.75, 3.05) is 0 Å². The zero-order valence-electron chi connectivity index (χ0n) is 15.9. The van der Waals surface area contributed by atoms with Crippen LogP contribution in [-0.4, -0.2) is 5.11 Å². The van der Waals surface area contributed by atoms with Gasteiger partial charge in [-0.25, -0.2) is 0 Å². The normalized spacial score (nSPS) is 11.1. The summed E-state index contributed by atoms with van der Waals surface area (Å²) in [6, 6.07) is 8.74. The van der Waals surface area contributed by atoms with Gasteiger partial charge in [0.25, 0.3) is 0 Å². The van der Waals surface area contributed by atoms with Crippen LogP contribution in [0, 0.1) is 41.5 Å². The van der Waals surface area contributed by atoms with Gasteiger partial charge in [0.05, 0.1) is 0 Å². The van der Waals surface area contributed by atoms with Crippen molar-refractivity contribution < 1.29 is 5.11 Å². The molecule has 0 spiro atoms. The van der Waals surface area contributed by atoms with Crippen molar-refractivity contribution in [1.82, 2.24) is 0 Å². The highest BCUT2D eigenvalue weighted by Crippen LogP contribution is 2.36. The Labute approximate surface area is 146 Å². The predicted molar refractivity (Wildman–Crippen MR) is 105 cm³/mol. The van der Waals surface area contributed by atoms with Gasteiger partial charge >= 0.3 is 0 Å². The first-order valence-electron chi connectivity index (χ1n) is 8.48. The van der Waals surface area contributed by atoms with Gasteiger partial charge in [0.2, 0.25) is 0 Å². The summed E-state index contributed by atoms with van der Waals surface area (Å²) in [5.74, 6) is 0.322. The molecule has 0 saturated heterocycles. The van der Waals surface area contributed by atoms with E-state index in [2.05, 4.69) is 65.8 Å². The first-order valence-corrected chi connectivity index (χ1v) is 8.48. The topological polar surface area (TPSA) is 20.2 Å².